The summed E-state index contributed by atoms with van der Waals surface area (Å²) in [6.45, 7) is 3.44. The lowest BCUT2D eigenvalue weighted by atomic mass is 9.89. The Balaban J connectivity index is 1.35. The lowest BCUT2D eigenvalue weighted by Crippen LogP contribution is -2.38. The number of aromatic nitrogens is 2. The maximum Gasteiger partial charge on any atom is 0.255 e. The molecule has 1 saturated heterocycles. The molecular formula is C25H25N3O2. The van der Waals surface area contributed by atoms with Crippen LogP contribution in [0, 0.1) is 6.92 Å². The number of pyridine rings is 1. The summed E-state index contributed by atoms with van der Waals surface area (Å²) in [6, 6.07) is 16.1. The number of nitrogens with zero attached hydrogens (tertiary/aromatic N) is 2. The lowest BCUT2D eigenvalue weighted by Gasteiger charge is -2.32. The smallest absolute Gasteiger partial charge is 0.255 e. The zero-order valence-electron chi connectivity index (χ0n) is 17.3. The molecule has 1 amide bonds. The number of aryl methyl sites for hydroxylation is 1. The predicted octanol–water partition coefficient (Wildman–Crippen LogP) is 5.05. The van der Waals surface area contributed by atoms with Gasteiger partial charge < -0.3 is 14.6 Å². The van der Waals surface area contributed by atoms with Gasteiger partial charge in [-0.25, -0.2) is 0 Å². The summed E-state index contributed by atoms with van der Waals surface area (Å²) >= 11 is 0. The molecule has 3 heterocycles. The number of hydrogen-bond acceptors (Lipinski definition) is 3. The third kappa shape index (κ3) is 3.20. The number of nitrogens with one attached hydrogen (secondary N) is 1. The van der Waals surface area contributed by atoms with Gasteiger partial charge in [-0.15, -0.1) is 0 Å². The minimum Gasteiger partial charge on any atom is -0.497 e. The Labute approximate surface area is 175 Å². The van der Waals surface area contributed by atoms with Crippen LogP contribution in [0.1, 0.15) is 40.4 Å². The molecule has 4 aromatic rings. The average Bonchev–Trinajstić information content (AvgIpc) is 3.21. The topological polar surface area (TPSA) is 58.2 Å². The van der Waals surface area contributed by atoms with Gasteiger partial charge in [0.05, 0.1) is 23.9 Å². The molecule has 5 rings (SSSR count). The van der Waals surface area contributed by atoms with E-state index in [1.807, 2.05) is 48.2 Å². The van der Waals surface area contributed by atoms with Gasteiger partial charge in [0, 0.05) is 35.6 Å². The van der Waals surface area contributed by atoms with Gasteiger partial charge in [0.1, 0.15) is 5.75 Å². The van der Waals surface area contributed by atoms with Crippen molar-refractivity contribution in [2.45, 2.75) is 25.7 Å². The molecule has 2 aromatic heterocycles. The Morgan fingerprint density at radius 3 is 2.73 bits per heavy atom. The number of benzene rings is 2. The Morgan fingerprint density at radius 1 is 1.13 bits per heavy atom. The molecule has 1 fully saturated rings. The molecule has 2 aromatic carbocycles. The fourth-order valence-corrected chi connectivity index (χ4v) is 4.58. The summed E-state index contributed by atoms with van der Waals surface area (Å²) in [7, 11) is 1.70. The maximum absolute atomic E-state index is 13.2. The van der Waals surface area contributed by atoms with Crippen LogP contribution in [0.25, 0.3) is 21.8 Å². The Kier molecular flexibility index (Phi) is 4.66. The number of rotatable bonds is 3. The molecule has 0 bridgehead atoms. The van der Waals surface area contributed by atoms with E-state index >= 15 is 0 Å². The number of hydrogen-bond donors (Lipinski definition) is 1. The highest BCUT2D eigenvalue weighted by molar-refractivity contribution is 5.98. The zero-order chi connectivity index (χ0) is 20.7. The van der Waals surface area contributed by atoms with Gasteiger partial charge in [0.25, 0.3) is 5.91 Å². The van der Waals surface area contributed by atoms with E-state index in [2.05, 4.69) is 28.3 Å². The Hall–Kier alpha value is -3.34. The van der Waals surface area contributed by atoms with Crippen LogP contribution in [0.2, 0.25) is 0 Å². The second-order valence-corrected chi connectivity index (χ2v) is 8.04. The van der Waals surface area contributed by atoms with Gasteiger partial charge in [0.15, 0.2) is 0 Å². The van der Waals surface area contributed by atoms with Gasteiger partial charge in [-0.3, -0.25) is 9.78 Å². The Bertz CT molecular complexity index is 1240. The molecule has 0 aliphatic carbocycles. The SMILES string of the molecule is COc1ccc2[nH]cc(C3CCN(C(=O)c4cc5ccccc5nc4C)CC3)c2c1. The van der Waals surface area contributed by atoms with Crippen molar-refractivity contribution in [1.29, 1.82) is 0 Å². The number of likely N-dealkylation sites (tertiary alicyclic amines) is 1. The number of fused-ring (bicyclic) bond motifs is 2. The van der Waals surface area contributed by atoms with Gasteiger partial charge in [0.2, 0.25) is 0 Å². The number of aromatic amines is 1. The molecule has 5 heteroatoms. The van der Waals surface area contributed by atoms with Crippen molar-refractivity contribution in [3.8, 4) is 5.75 Å². The maximum atomic E-state index is 13.2. The van der Waals surface area contributed by atoms with Crippen molar-refractivity contribution in [3.05, 3.63) is 71.5 Å². The summed E-state index contributed by atoms with van der Waals surface area (Å²) in [4.78, 5) is 23.2. The van der Waals surface area contributed by atoms with Crippen LogP contribution < -0.4 is 4.74 Å². The van der Waals surface area contributed by atoms with Crippen LogP contribution in [0.15, 0.2) is 54.7 Å². The summed E-state index contributed by atoms with van der Waals surface area (Å²) in [6.07, 6.45) is 4.02. The van der Waals surface area contributed by atoms with Gasteiger partial charge in [-0.1, -0.05) is 18.2 Å². The average molecular weight is 399 g/mol. The largest absolute Gasteiger partial charge is 0.497 e. The number of para-hydroxylation sites is 1. The molecule has 0 atom stereocenters. The van der Waals surface area contributed by atoms with E-state index < -0.39 is 0 Å². The summed E-state index contributed by atoms with van der Waals surface area (Å²) < 4.78 is 5.40. The van der Waals surface area contributed by atoms with Crippen LogP contribution in [0.3, 0.4) is 0 Å². The van der Waals surface area contributed by atoms with Crippen molar-refractivity contribution in [2.24, 2.45) is 0 Å². The van der Waals surface area contributed by atoms with Gasteiger partial charge in [-0.05, 0) is 61.6 Å². The van der Waals surface area contributed by atoms with E-state index in [4.69, 9.17) is 4.74 Å². The highest BCUT2D eigenvalue weighted by Gasteiger charge is 2.27. The molecule has 152 valence electrons. The first-order valence-electron chi connectivity index (χ1n) is 10.4. The predicted molar refractivity (Wildman–Crippen MR) is 119 cm³/mol. The van der Waals surface area contributed by atoms with E-state index in [1.54, 1.807) is 7.11 Å². The van der Waals surface area contributed by atoms with E-state index in [0.717, 1.165) is 53.8 Å². The molecule has 5 nitrogen and oxygen atoms in total. The van der Waals surface area contributed by atoms with Crippen LogP contribution in [0.4, 0.5) is 0 Å². The minimum atomic E-state index is 0.0878. The first-order valence-corrected chi connectivity index (χ1v) is 10.4. The monoisotopic (exact) mass is 399 g/mol. The van der Waals surface area contributed by atoms with Crippen molar-refractivity contribution in [1.82, 2.24) is 14.9 Å². The quantitative estimate of drug-likeness (QED) is 0.524. The van der Waals surface area contributed by atoms with Crippen molar-refractivity contribution in [3.63, 3.8) is 0 Å². The molecule has 0 spiro atoms. The first kappa shape index (κ1) is 18.7. The molecule has 30 heavy (non-hydrogen) atoms. The van der Waals surface area contributed by atoms with E-state index in [0.29, 0.717) is 11.5 Å². The van der Waals surface area contributed by atoms with Gasteiger partial charge in [-0.2, -0.15) is 0 Å². The van der Waals surface area contributed by atoms with Crippen LogP contribution in [-0.4, -0.2) is 41.0 Å². The molecule has 0 saturated carbocycles. The molecular weight excluding hydrogens is 374 g/mol. The second-order valence-electron chi connectivity index (χ2n) is 8.04. The zero-order valence-corrected chi connectivity index (χ0v) is 17.3. The summed E-state index contributed by atoms with van der Waals surface area (Å²) in [5.41, 5.74) is 4.88. The third-order valence-corrected chi connectivity index (χ3v) is 6.29. The number of carbonyl (C=O) groups is 1. The van der Waals surface area contributed by atoms with Crippen LogP contribution in [0.5, 0.6) is 5.75 Å². The van der Waals surface area contributed by atoms with E-state index in [1.165, 1.54) is 10.9 Å². The van der Waals surface area contributed by atoms with Crippen LogP contribution in [-0.2, 0) is 0 Å². The molecule has 1 aliphatic heterocycles. The fraction of sp³-hybridized carbons (Fsp3) is 0.280. The van der Waals surface area contributed by atoms with Crippen molar-refractivity contribution in [2.75, 3.05) is 20.2 Å². The number of carbonyl (C=O) groups excluding carboxylic acids is 1. The third-order valence-electron chi connectivity index (χ3n) is 6.29. The highest BCUT2D eigenvalue weighted by atomic mass is 16.5. The molecule has 0 unspecified atom stereocenters. The number of ether oxygens (including phenoxy) is 1. The van der Waals surface area contributed by atoms with Gasteiger partial charge >= 0.3 is 0 Å². The first-order chi connectivity index (χ1) is 14.6. The summed E-state index contributed by atoms with van der Waals surface area (Å²) in [5.74, 6) is 1.39. The number of piperidine rings is 1. The number of amides is 1. The molecule has 1 aliphatic rings. The standard InChI is InChI=1S/C25H25N3O2/c1-16-20(13-18-5-3-4-6-23(18)27-16)25(29)28-11-9-17(10-12-28)22-15-26-24-8-7-19(30-2)14-21(22)24/h3-8,13-15,17,26H,9-12H2,1-2H3. The normalized spacial score (nSPS) is 15.1. The number of H-pyrrole nitrogens is 1. The molecule has 1 N–H and O–H groups in total. The highest BCUT2D eigenvalue weighted by Crippen LogP contribution is 2.35. The second kappa shape index (κ2) is 7.48. The molecule has 0 radical (unpaired) electrons. The minimum absolute atomic E-state index is 0.0878. The van der Waals surface area contributed by atoms with Crippen molar-refractivity contribution < 1.29 is 9.53 Å². The van der Waals surface area contributed by atoms with E-state index in [9.17, 15) is 4.79 Å². The number of methoxy groups -OCH3 is 1. The Morgan fingerprint density at radius 2 is 1.93 bits per heavy atom. The van der Waals surface area contributed by atoms with Crippen LogP contribution >= 0.6 is 0 Å². The lowest BCUT2D eigenvalue weighted by molar-refractivity contribution is 0.0712. The fourth-order valence-electron chi connectivity index (χ4n) is 4.58. The van der Waals surface area contributed by atoms with E-state index in [-0.39, 0.29) is 5.91 Å². The summed E-state index contributed by atoms with van der Waals surface area (Å²) in [5, 5.41) is 2.22. The van der Waals surface area contributed by atoms with Crippen molar-refractivity contribution >= 4 is 27.7 Å².